The Labute approximate surface area is 670 Å². The van der Waals surface area contributed by atoms with Crippen LogP contribution < -0.4 is 16.0 Å². The molecule has 6 aliphatic rings. The number of carboxylic acid groups (broad SMARTS) is 3. The Balaban J connectivity index is 0.000000178. The molecule has 3 fully saturated rings. The van der Waals surface area contributed by atoms with Gasteiger partial charge in [-0.3, -0.25) is 29.7 Å². The molecule has 0 bridgehead atoms. The fraction of sp³-hybridized carbons (Fsp3) is 0.351. The average molecular weight is 1760 g/mol. The van der Waals surface area contributed by atoms with Gasteiger partial charge in [-0.15, -0.1) is 34.0 Å². The van der Waals surface area contributed by atoms with Gasteiger partial charge in [0, 0.05) is 148 Å². The topological polar surface area (TPSA) is 322 Å². The molecule has 9 heterocycles. The lowest BCUT2D eigenvalue weighted by Gasteiger charge is -2.38. The molecule has 6 atom stereocenters. The van der Waals surface area contributed by atoms with E-state index in [1.165, 1.54) is 125 Å². The highest BCUT2D eigenvalue weighted by Gasteiger charge is 2.44. The number of aliphatic carboxylic acids is 3. The number of methoxy groups -OCH3 is 1. The summed E-state index contributed by atoms with van der Waals surface area (Å²) in [4.78, 5) is 105. The van der Waals surface area contributed by atoms with E-state index in [9.17, 15) is 64.6 Å². The second-order valence-corrected chi connectivity index (χ2v) is 30.6. The van der Waals surface area contributed by atoms with E-state index in [-0.39, 0.29) is 72.4 Å². The van der Waals surface area contributed by atoms with Crippen molar-refractivity contribution in [2.75, 3.05) is 85.8 Å². The molecule has 0 amide bonds. The monoisotopic (exact) mass is 1760 g/mol. The van der Waals surface area contributed by atoms with Crippen LogP contribution in [0.1, 0.15) is 83.5 Å². The summed E-state index contributed by atoms with van der Waals surface area (Å²) < 4.78 is 122. The van der Waals surface area contributed by atoms with Gasteiger partial charge in [-0.1, -0.05) is 73.8 Å². The van der Waals surface area contributed by atoms with E-state index in [4.69, 9.17) is 50.7 Å². The number of nitrogens with one attached hydrogen (secondary N) is 3. The van der Waals surface area contributed by atoms with Gasteiger partial charge in [0.25, 0.3) is 11.8 Å². The third-order valence-corrected chi connectivity index (χ3v) is 21.6. The minimum absolute atomic E-state index is 0.0693. The number of hydrogen-bond donors (Lipinski definition) is 6. The van der Waals surface area contributed by atoms with Crippen molar-refractivity contribution in [2.45, 2.75) is 69.7 Å². The van der Waals surface area contributed by atoms with E-state index in [2.05, 4.69) is 72.7 Å². The summed E-state index contributed by atoms with van der Waals surface area (Å²) in [7, 11) is 1.20. The van der Waals surface area contributed by atoms with Crippen LogP contribution in [0.5, 0.6) is 0 Å². The molecule has 6 aromatic rings. The minimum atomic E-state index is -3.07. The number of esters is 3. The quantitative estimate of drug-likeness (QED) is 0.0150. The number of ether oxygens (including phenoxy) is 4. The van der Waals surface area contributed by atoms with Crippen molar-refractivity contribution in [3.05, 3.63) is 222 Å². The second kappa shape index (κ2) is 38.6. The van der Waals surface area contributed by atoms with Crippen molar-refractivity contribution in [3.63, 3.8) is 0 Å². The highest BCUT2D eigenvalue weighted by molar-refractivity contribution is 9.10. The fourth-order valence-electron chi connectivity index (χ4n) is 13.0. The van der Waals surface area contributed by atoms with E-state index in [0.29, 0.717) is 95.8 Å². The van der Waals surface area contributed by atoms with Crippen LogP contribution in [0.15, 0.2) is 183 Å². The maximum absolute atomic E-state index is 14.7. The highest BCUT2D eigenvalue weighted by atomic mass is 79.9. The Morgan fingerprint density at radius 1 is 0.598 bits per heavy atom. The van der Waals surface area contributed by atoms with E-state index in [1.54, 1.807) is 49.3 Å². The van der Waals surface area contributed by atoms with Gasteiger partial charge in [-0.05, 0) is 86.2 Å². The number of halogens is 10. The Kier molecular flexibility index (Phi) is 29.4. The normalized spacial score (nSPS) is 21.6. The lowest BCUT2D eigenvalue weighted by Crippen LogP contribution is -2.49. The van der Waals surface area contributed by atoms with Crippen LogP contribution in [0.2, 0.25) is 5.02 Å². The molecule has 0 aliphatic carbocycles. The first kappa shape index (κ1) is 85.3. The highest BCUT2D eigenvalue weighted by Crippen LogP contribution is 2.42. The van der Waals surface area contributed by atoms with Gasteiger partial charge >= 0.3 is 35.8 Å². The molecule has 594 valence electrons. The van der Waals surface area contributed by atoms with E-state index < -0.39 is 127 Å². The zero-order valence-corrected chi connectivity index (χ0v) is 66.2. The number of likely N-dealkylation sites (tertiary alicyclic amines) is 2. The summed E-state index contributed by atoms with van der Waals surface area (Å²) in [5.41, 5.74) is 3.18. The largest absolute Gasteiger partial charge is 0.478 e. The van der Waals surface area contributed by atoms with Gasteiger partial charge in [0.05, 0.1) is 62.8 Å². The molecular formula is C74H72Br2ClF7N12O13S3. The number of hydrogen-bond acceptors (Lipinski definition) is 25. The van der Waals surface area contributed by atoms with Crippen LogP contribution in [0.4, 0.5) is 30.7 Å². The molecule has 112 heavy (non-hydrogen) atoms. The van der Waals surface area contributed by atoms with Crippen LogP contribution in [-0.4, -0.2) is 202 Å². The molecule has 3 aromatic heterocycles. The number of morpholine rings is 1. The van der Waals surface area contributed by atoms with Crippen LogP contribution in [0.25, 0.3) is 0 Å². The number of aromatic nitrogens is 3. The molecule has 3 aromatic carbocycles. The molecule has 6 N–H and O–H groups in total. The molecule has 3 saturated heterocycles. The summed E-state index contributed by atoms with van der Waals surface area (Å²) in [6, 6.07) is 9.20. The summed E-state index contributed by atoms with van der Waals surface area (Å²) in [6.45, 7) is 5.68. The summed E-state index contributed by atoms with van der Waals surface area (Å²) >= 11 is 17.1. The van der Waals surface area contributed by atoms with Crippen LogP contribution in [0, 0.1) is 29.3 Å². The Hall–Kier alpha value is -9.18. The molecule has 0 saturated carbocycles. The molecule has 25 nitrogen and oxygen atoms in total. The van der Waals surface area contributed by atoms with Crippen LogP contribution in [0.3, 0.4) is 0 Å². The maximum atomic E-state index is 14.7. The SMILES string of the molecule is CCOC(=O)C1=C(CN2CCO[C@H](/C=C(\C)C(=O)O)C2)NC(c2nccs2)=N[C@H]1c1ccc(F)cc1Cl.CCOC(=O)C1=C(CN2C[C@@H](/C=C/C(=O)O)CC(F)(F)C2)NC(c2nccs2)=N[C@H]1c1ccc(F)cc1Br.COC(=O)C1=C(CN2C[C@@H](/C=C/C(=O)O)CC(F)(F)C2)NC(c2nccs2)=N[C@H]1c1ccc(F)cc1Br. The first-order valence-electron chi connectivity index (χ1n) is 34.4. The van der Waals surface area contributed by atoms with Crippen molar-refractivity contribution in [3.8, 4) is 0 Å². The second-order valence-electron chi connectivity index (χ2n) is 25.8. The first-order valence-corrected chi connectivity index (χ1v) is 39.0. The van der Waals surface area contributed by atoms with E-state index in [1.807, 2.05) is 5.38 Å². The number of nitrogens with zero attached hydrogens (tertiary/aromatic N) is 9. The van der Waals surface area contributed by atoms with Gasteiger partial charge in [-0.25, -0.2) is 74.5 Å². The summed E-state index contributed by atoms with van der Waals surface area (Å²) in [6.07, 6.45) is 9.24. The maximum Gasteiger partial charge on any atom is 0.338 e. The smallest absolute Gasteiger partial charge is 0.338 e. The summed E-state index contributed by atoms with van der Waals surface area (Å²) in [5.74, 6) is -13.4. The van der Waals surface area contributed by atoms with Crippen LogP contribution >= 0.6 is 77.5 Å². The number of aliphatic imine (C=N–C) groups is 3. The van der Waals surface area contributed by atoms with Crippen molar-refractivity contribution < 1.29 is 93.8 Å². The van der Waals surface area contributed by atoms with Gasteiger partial charge < -0.3 is 50.2 Å². The Bertz CT molecular complexity index is 4780. The van der Waals surface area contributed by atoms with Gasteiger partial charge in [0.1, 0.15) is 35.6 Å². The predicted octanol–water partition coefficient (Wildman–Crippen LogP) is 12.3. The standard InChI is InChI=1S/C25H24BrF3N4O4S.C25H26ClFN4O5S.C24H22BrF3N4O4S/c1-2-37-24(36)20-18(12-33-11-14(3-6-19(34)35)10-25(28,29)13-33)31-22(23-30-7-8-38-23)32-21(20)16-5-4-15(27)9-17(16)26;1-3-35-25(34)20-19(13-31-7-8-36-16(12-31)10-14(2)24(32)33)29-22(23-28-6-9-37-23)30-21(20)17-5-4-15(27)11-18(17)26;1-36-23(35)19-17(11-32-10-13(2-5-18(33)34)9-24(27,28)12-32)30-21(22-29-6-7-37-22)31-20(19)15-4-3-14(26)8-16(15)25/h3-9,14,21H,2,10-13H2,1H3,(H,31,32)(H,34,35);4-6,9-11,16,21H,3,7-8,12-13H2,1-2H3,(H,29,30)(H,32,33);2-8,13,20H,9-12H2,1H3,(H,30,31)(H,33,34)/b6-3+;14-10+;5-2+/t14-,21-;16-,21+;13-,20-/m010/s1. The number of alkyl halides is 4. The van der Waals surface area contributed by atoms with E-state index >= 15 is 0 Å². The molecular weight excluding hydrogens is 1690 g/mol. The zero-order valence-electron chi connectivity index (χ0n) is 59.9. The van der Waals surface area contributed by atoms with Crippen molar-refractivity contribution in [2.24, 2.45) is 26.8 Å². The third kappa shape index (κ3) is 22.6. The minimum Gasteiger partial charge on any atom is -0.478 e. The number of benzene rings is 3. The number of thiazole rings is 3. The average Bonchev–Trinajstić information content (AvgIpc) is 0.797. The molecule has 6 aliphatic heterocycles. The Morgan fingerprint density at radius 2 is 0.991 bits per heavy atom. The van der Waals surface area contributed by atoms with Crippen LogP contribution in [-0.2, 0) is 47.7 Å². The number of carbonyl (C=O) groups excluding carboxylic acids is 3. The molecule has 38 heteroatoms. The number of carboxylic acids is 3. The lowest BCUT2D eigenvalue weighted by molar-refractivity contribution is -0.139. The molecule has 0 radical (unpaired) electrons. The van der Waals surface area contributed by atoms with Crippen molar-refractivity contribution in [1.82, 2.24) is 45.6 Å². The number of rotatable bonds is 23. The van der Waals surface area contributed by atoms with Gasteiger partial charge in [0.15, 0.2) is 32.5 Å². The number of piperidine rings is 2. The number of carbonyl (C=O) groups is 6. The zero-order chi connectivity index (χ0) is 80.7. The van der Waals surface area contributed by atoms with E-state index in [0.717, 1.165) is 12.2 Å². The fourth-order valence-corrected chi connectivity index (χ4v) is 16.2. The summed E-state index contributed by atoms with van der Waals surface area (Å²) in [5, 5.41) is 43.6. The molecule has 0 spiro atoms. The Morgan fingerprint density at radius 3 is 1.36 bits per heavy atom. The predicted molar refractivity (Wildman–Crippen MR) is 410 cm³/mol. The van der Waals surface area contributed by atoms with Gasteiger partial charge in [0.2, 0.25) is 0 Å². The lowest BCUT2D eigenvalue weighted by atomic mass is 9.92. The first-order chi connectivity index (χ1) is 53.4. The number of amidine groups is 3. The van der Waals surface area contributed by atoms with Gasteiger partial charge in [-0.2, -0.15) is 0 Å². The molecule has 0 unspecified atom stereocenters. The third-order valence-electron chi connectivity index (χ3n) is 17.6. The van der Waals surface area contributed by atoms with Crippen molar-refractivity contribution >= 4 is 131 Å². The molecule has 12 rings (SSSR count). The van der Waals surface area contributed by atoms with Crippen molar-refractivity contribution in [1.29, 1.82) is 0 Å².